The molecule has 2 aromatic heterocycles. The first-order chi connectivity index (χ1) is 32.2. The Labute approximate surface area is 395 Å². The normalized spacial score (nSPS) is 13.7. The number of H-pyrrole nitrogens is 1. The summed E-state index contributed by atoms with van der Waals surface area (Å²) in [7, 11) is 0. The Hall–Kier alpha value is -7.00. The van der Waals surface area contributed by atoms with E-state index in [1.54, 1.807) is 12.5 Å². The number of nitrogens with zero attached hydrogens (tertiary/aromatic N) is 3. The van der Waals surface area contributed by atoms with Crippen LogP contribution in [-0.4, -0.2) is 41.9 Å². The Kier molecular flexibility index (Phi) is 13.5. The number of aromatic nitrogens is 4. The summed E-state index contributed by atoms with van der Waals surface area (Å²) in [5, 5.41) is 28.2. The van der Waals surface area contributed by atoms with Gasteiger partial charge in [-0.25, -0.2) is 9.97 Å². The SMILES string of the molecule is CC(C)Oc1ccc2cc(C(O)(c3cn(C(c4ccccc4)(c4ccccc4)c4ccccc4)cn3)C(C)C)ccc2c1.CC(C)Oc1ccc2cc(C(O)(c3cnc[nH]3)C(C)C)ccc2c1. The molecule has 0 fully saturated rings. The van der Waals surface area contributed by atoms with E-state index in [0.29, 0.717) is 11.4 Å². The van der Waals surface area contributed by atoms with Crippen LogP contribution in [0.15, 0.2) is 189 Å². The molecule has 8 nitrogen and oxygen atoms in total. The van der Waals surface area contributed by atoms with Gasteiger partial charge in [-0.05, 0) is 125 Å². The first-order valence-electron chi connectivity index (χ1n) is 23.3. The second kappa shape index (κ2) is 19.5. The highest BCUT2D eigenvalue weighted by Gasteiger charge is 2.43. The second-order valence-electron chi connectivity index (χ2n) is 18.6. The molecule has 3 N–H and O–H groups in total. The number of hydrogen-bond donors (Lipinski definition) is 3. The molecule has 2 atom stereocenters. The van der Waals surface area contributed by atoms with Crippen LogP contribution >= 0.6 is 0 Å². The van der Waals surface area contributed by atoms with Gasteiger partial charge in [0.15, 0.2) is 0 Å². The van der Waals surface area contributed by atoms with Crippen molar-refractivity contribution in [1.29, 1.82) is 0 Å². The number of aliphatic hydroxyl groups is 2. The second-order valence-corrected chi connectivity index (χ2v) is 18.6. The van der Waals surface area contributed by atoms with Gasteiger partial charge in [0.25, 0.3) is 0 Å². The predicted molar refractivity (Wildman–Crippen MR) is 271 cm³/mol. The van der Waals surface area contributed by atoms with Crippen molar-refractivity contribution in [2.24, 2.45) is 11.8 Å². The quantitative estimate of drug-likeness (QED) is 0.0939. The van der Waals surface area contributed by atoms with Crippen LogP contribution in [-0.2, 0) is 16.7 Å². The van der Waals surface area contributed by atoms with Gasteiger partial charge in [-0.3, -0.25) is 0 Å². The molecule has 67 heavy (non-hydrogen) atoms. The van der Waals surface area contributed by atoms with Crippen LogP contribution in [0.4, 0.5) is 0 Å². The van der Waals surface area contributed by atoms with Crippen molar-refractivity contribution < 1.29 is 19.7 Å². The van der Waals surface area contributed by atoms with Crippen molar-refractivity contribution in [3.63, 3.8) is 0 Å². The maximum atomic E-state index is 12.6. The van der Waals surface area contributed by atoms with E-state index >= 15 is 0 Å². The molecule has 2 unspecified atom stereocenters. The van der Waals surface area contributed by atoms with E-state index in [0.717, 1.165) is 60.9 Å². The highest BCUT2D eigenvalue weighted by atomic mass is 16.5. The summed E-state index contributed by atoms with van der Waals surface area (Å²) in [5.74, 6) is 1.56. The molecule has 0 spiro atoms. The fourth-order valence-electron chi connectivity index (χ4n) is 9.34. The third-order valence-corrected chi connectivity index (χ3v) is 12.8. The molecule has 0 aliphatic carbocycles. The molecule has 0 radical (unpaired) electrons. The number of aromatic amines is 1. The Morgan fingerprint density at radius 3 is 1.31 bits per heavy atom. The fourth-order valence-corrected chi connectivity index (χ4v) is 9.34. The number of ether oxygens (including phenoxy) is 2. The van der Waals surface area contributed by atoms with Crippen molar-refractivity contribution in [3.05, 3.63) is 228 Å². The maximum absolute atomic E-state index is 12.6. The molecule has 342 valence electrons. The van der Waals surface area contributed by atoms with Crippen molar-refractivity contribution in [2.45, 2.75) is 84.3 Å². The summed E-state index contributed by atoms with van der Waals surface area (Å²) in [4.78, 5) is 12.1. The predicted octanol–water partition coefficient (Wildman–Crippen LogP) is 12.8. The minimum absolute atomic E-state index is 0.000975. The van der Waals surface area contributed by atoms with Crippen molar-refractivity contribution >= 4 is 21.5 Å². The van der Waals surface area contributed by atoms with Crippen molar-refractivity contribution in [3.8, 4) is 11.5 Å². The molecular weight excluding hydrogens is 829 g/mol. The fraction of sp³-hybridized carbons (Fsp3) is 0.254. The van der Waals surface area contributed by atoms with E-state index < -0.39 is 16.7 Å². The summed E-state index contributed by atoms with van der Waals surface area (Å²) in [5.41, 5.74) is 3.17. The molecule has 0 aliphatic rings. The largest absolute Gasteiger partial charge is 0.491 e. The smallest absolute Gasteiger partial charge is 0.135 e. The number of rotatable bonds is 14. The number of fused-ring (bicyclic) bond motifs is 2. The number of imidazole rings is 2. The van der Waals surface area contributed by atoms with Crippen LogP contribution in [0.25, 0.3) is 21.5 Å². The summed E-state index contributed by atoms with van der Waals surface area (Å²) in [6.07, 6.45) is 7.42. The van der Waals surface area contributed by atoms with E-state index in [4.69, 9.17) is 14.5 Å². The molecule has 0 aliphatic heterocycles. The van der Waals surface area contributed by atoms with Gasteiger partial charge in [0.2, 0.25) is 0 Å². The van der Waals surface area contributed by atoms with E-state index in [-0.39, 0.29) is 24.0 Å². The van der Waals surface area contributed by atoms with Gasteiger partial charge >= 0.3 is 0 Å². The molecule has 0 amide bonds. The van der Waals surface area contributed by atoms with Crippen LogP contribution in [0.1, 0.15) is 94.6 Å². The van der Waals surface area contributed by atoms with Gasteiger partial charge in [-0.1, -0.05) is 155 Å². The monoisotopic (exact) mass is 890 g/mol. The Morgan fingerprint density at radius 2 is 0.910 bits per heavy atom. The van der Waals surface area contributed by atoms with Crippen LogP contribution in [0, 0.1) is 11.8 Å². The molecule has 0 bridgehead atoms. The zero-order valence-corrected chi connectivity index (χ0v) is 39.8. The molecule has 0 saturated heterocycles. The molecule has 8 heteroatoms. The summed E-state index contributed by atoms with van der Waals surface area (Å²) in [6.45, 7) is 16.2. The standard InChI is InChI=1S/C39H38N2O2.C20H24N2O2/c1-28(2)39(42,35-22-20-31-25-36(43-29(3)4)23-21-30(31)24-35)37-26-41(27-40-37)38(32-14-8-5-9-15-32,33-16-10-6-11-17-33)34-18-12-7-13-19-34;1-13(2)20(23,19-11-21-12-22-19)17-7-5-16-10-18(24-14(3)4)8-6-15(16)9-17/h5-29,42H,1-4H3;5-14,23H,1-4H3,(H,21,22). The highest BCUT2D eigenvalue weighted by Crippen LogP contribution is 2.44. The molecule has 9 aromatic rings. The average Bonchev–Trinajstić information content (AvgIpc) is 4.07. The Balaban J connectivity index is 0.000000214. The maximum Gasteiger partial charge on any atom is 0.135 e. The molecule has 7 aromatic carbocycles. The van der Waals surface area contributed by atoms with Gasteiger partial charge in [0, 0.05) is 6.20 Å². The third kappa shape index (κ3) is 9.12. The summed E-state index contributed by atoms with van der Waals surface area (Å²) < 4.78 is 13.8. The number of nitrogens with one attached hydrogen (secondary N) is 1. The summed E-state index contributed by atoms with van der Waals surface area (Å²) in [6, 6.07) is 55.9. The lowest BCUT2D eigenvalue weighted by Crippen LogP contribution is -2.37. The Bertz CT molecular complexity index is 2920. The minimum atomic E-state index is -1.32. The van der Waals surface area contributed by atoms with Gasteiger partial charge < -0.3 is 29.2 Å². The van der Waals surface area contributed by atoms with Crippen molar-refractivity contribution in [2.75, 3.05) is 0 Å². The van der Waals surface area contributed by atoms with Gasteiger partial charge in [-0.15, -0.1) is 0 Å². The van der Waals surface area contributed by atoms with Gasteiger partial charge in [0.05, 0.1) is 42.4 Å². The van der Waals surface area contributed by atoms with Crippen LogP contribution in [0.5, 0.6) is 11.5 Å². The summed E-state index contributed by atoms with van der Waals surface area (Å²) >= 11 is 0. The first kappa shape index (κ1) is 46.5. The zero-order valence-electron chi connectivity index (χ0n) is 39.8. The van der Waals surface area contributed by atoms with Crippen LogP contribution in [0.2, 0.25) is 0 Å². The first-order valence-corrected chi connectivity index (χ1v) is 23.3. The lowest BCUT2D eigenvalue weighted by molar-refractivity contribution is 0.0278. The Morgan fingerprint density at radius 1 is 0.493 bits per heavy atom. The highest BCUT2D eigenvalue weighted by molar-refractivity contribution is 5.86. The van der Waals surface area contributed by atoms with Crippen LogP contribution < -0.4 is 9.47 Å². The average molecular weight is 891 g/mol. The third-order valence-electron chi connectivity index (χ3n) is 12.8. The molecule has 9 rings (SSSR count). The van der Waals surface area contributed by atoms with Crippen LogP contribution in [0.3, 0.4) is 0 Å². The number of hydrogen-bond acceptors (Lipinski definition) is 6. The minimum Gasteiger partial charge on any atom is -0.491 e. The van der Waals surface area contributed by atoms with Gasteiger partial charge in [-0.2, -0.15) is 0 Å². The van der Waals surface area contributed by atoms with E-state index in [2.05, 4.69) is 112 Å². The zero-order chi connectivity index (χ0) is 47.3. The lowest BCUT2D eigenvalue weighted by Gasteiger charge is -2.37. The van der Waals surface area contributed by atoms with Gasteiger partial charge in [0.1, 0.15) is 28.2 Å². The molecule has 2 heterocycles. The topological polar surface area (TPSA) is 105 Å². The van der Waals surface area contributed by atoms with E-state index in [9.17, 15) is 10.2 Å². The van der Waals surface area contributed by atoms with Crippen molar-refractivity contribution in [1.82, 2.24) is 19.5 Å². The van der Waals surface area contributed by atoms with E-state index in [1.165, 1.54) is 0 Å². The van der Waals surface area contributed by atoms with E-state index in [1.807, 2.05) is 135 Å². The molecule has 0 saturated carbocycles. The lowest BCUT2D eigenvalue weighted by atomic mass is 9.76. The number of benzene rings is 7. The molecular formula is C59H62N4O4.